The third kappa shape index (κ3) is 2.30. The van der Waals surface area contributed by atoms with Crippen molar-refractivity contribution in [3.8, 4) is 17.2 Å². The Kier molecular flexibility index (Phi) is 3.40. The van der Waals surface area contributed by atoms with E-state index < -0.39 is 6.10 Å². The van der Waals surface area contributed by atoms with E-state index in [2.05, 4.69) is 0 Å². The lowest BCUT2D eigenvalue weighted by Gasteiger charge is -2.23. The molecule has 0 saturated heterocycles. The summed E-state index contributed by atoms with van der Waals surface area (Å²) >= 11 is 0. The summed E-state index contributed by atoms with van der Waals surface area (Å²) in [4.78, 5) is 0. The maximum atomic E-state index is 10.0. The number of methoxy groups -OCH3 is 1. The van der Waals surface area contributed by atoms with Gasteiger partial charge in [-0.05, 0) is 13.0 Å². The Labute approximate surface area is 100 Å². The van der Waals surface area contributed by atoms with Crippen LogP contribution in [0.5, 0.6) is 17.2 Å². The van der Waals surface area contributed by atoms with E-state index in [1.165, 1.54) is 0 Å². The van der Waals surface area contributed by atoms with Crippen molar-refractivity contribution in [3.63, 3.8) is 0 Å². The summed E-state index contributed by atoms with van der Waals surface area (Å²) in [6.07, 6.45) is -0.791. The van der Waals surface area contributed by atoms with Crippen LogP contribution >= 0.6 is 0 Å². The topological polar surface area (TPSA) is 73.9 Å². The van der Waals surface area contributed by atoms with Crippen molar-refractivity contribution in [2.24, 2.45) is 5.73 Å². The van der Waals surface area contributed by atoms with E-state index in [4.69, 9.17) is 19.9 Å². The predicted molar refractivity (Wildman–Crippen MR) is 62.6 cm³/mol. The van der Waals surface area contributed by atoms with E-state index in [0.717, 1.165) is 0 Å². The molecule has 5 heteroatoms. The van der Waals surface area contributed by atoms with Crippen molar-refractivity contribution >= 4 is 0 Å². The van der Waals surface area contributed by atoms with Gasteiger partial charge in [-0.2, -0.15) is 0 Å². The summed E-state index contributed by atoms with van der Waals surface area (Å²) in [5, 5.41) is 10.0. The van der Waals surface area contributed by atoms with Gasteiger partial charge < -0.3 is 25.1 Å². The van der Waals surface area contributed by atoms with Crippen LogP contribution in [0, 0.1) is 0 Å². The molecule has 0 aromatic heterocycles. The quantitative estimate of drug-likeness (QED) is 0.818. The molecule has 94 valence electrons. The zero-order chi connectivity index (χ0) is 12.4. The Morgan fingerprint density at radius 3 is 2.41 bits per heavy atom. The normalized spacial score (nSPS) is 17.4. The third-order valence-electron chi connectivity index (χ3n) is 2.71. The first-order valence-electron chi connectivity index (χ1n) is 5.54. The molecule has 0 bridgehead atoms. The number of hydrogen-bond donors (Lipinski definition) is 2. The minimum absolute atomic E-state index is 0.383. The molecular weight excluding hydrogens is 222 g/mol. The SMILES string of the molecule is COc1cc2c(cc1C(O)C(C)N)OCCO2. The zero-order valence-electron chi connectivity index (χ0n) is 9.97. The Morgan fingerprint density at radius 1 is 1.29 bits per heavy atom. The average Bonchev–Trinajstić information content (AvgIpc) is 2.36. The minimum Gasteiger partial charge on any atom is -0.496 e. The average molecular weight is 239 g/mol. The van der Waals surface area contributed by atoms with Crippen LogP contribution in [0.25, 0.3) is 0 Å². The van der Waals surface area contributed by atoms with E-state index in [1.807, 2.05) is 0 Å². The van der Waals surface area contributed by atoms with Gasteiger partial charge in [-0.15, -0.1) is 0 Å². The van der Waals surface area contributed by atoms with Crippen LogP contribution in [0.3, 0.4) is 0 Å². The second-order valence-corrected chi connectivity index (χ2v) is 4.04. The summed E-state index contributed by atoms with van der Waals surface area (Å²) in [6, 6.07) is 3.06. The Bertz CT molecular complexity index is 406. The van der Waals surface area contributed by atoms with Crippen molar-refractivity contribution in [2.45, 2.75) is 19.1 Å². The molecule has 1 heterocycles. The highest BCUT2D eigenvalue weighted by Gasteiger charge is 2.22. The highest BCUT2D eigenvalue weighted by atomic mass is 16.6. The molecule has 0 saturated carbocycles. The van der Waals surface area contributed by atoms with Gasteiger partial charge >= 0.3 is 0 Å². The van der Waals surface area contributed by atoms with Gasteiger partial charge in [0.15, 0.2) is 11.5 Å². The number of aliphatic hydroxyl groups is 1. The van der Waals surface area contributed by atoms with E-state index >= 15 is 0 Å². The fourth-order valence-electron chi connectivity index (χ4n) is 1.78. The lowest BCUT2D eigenvalue weighted by atomic mass is 10.0. The van der Waals surface area contributed by atoms with Crippen LogP contribution < -0.4 is 19.9 Å². The number of rotatable bonds is 3. The molecule has 1 aromatic carbocycles. The molecule has 0 amide bonds. The number of benzene rings is 1. The summed E-state index contributed by atoms with van der Waals surface area (Å²) < 4.78 is 16.1. The molecule has 0 aliphatic carbocycles. The Balaban J connectivity index is 2.43. The van der Waals surface area contributed by atoms with Crippen molar-refractivity contribution < 1.29 is 19.3 Å². The summed E-state index contributed by atoms with van der Waals surface area (Å²) in [5.41, 5.74) is 6.31. The van der Waals surface area contributed by atoms with E-state index in [0.29, 0.717) is 36.0 Å². The summed E-state index contributed by atoms with van der Waals surface area (Å²) in [5.74, 6) is 1.81. The number of nitrogens with two attached hydrogens (primary N) is 1. The maximum absolute atomic E-state index is 10.0. The molecule has 2 atom stereocenters. The highest BCUT2D eigenvalue weighted by Crippen LogP contribution is 2.39. The van der Waals surface area contributed by atoms with Crippen molar-refractivity contribution in [1.82, 2.24) is 0 Å². The molecule has 3 N–H and O–H groups in total. The van der Waals surface area contributed by atoms with Crippen LogP contribution in [0.4, 0.5) is 0 Å². The van der Waals surface area contributed by atoms with Crippen molar-refractivity contribution in [2.75, 3.05) is 20.3 Å². The van der Waals surface area contributed by atoms with Crippen LogP contribution in [-0.4, -0.2) is 31.5 Å². The van der Waals surface area contributed by atoms with E-state index in [9.17, 15) is 5.11 Å². The predicted octanol–water partition coefficient (Wildman–Crippen LogP) is 0.847. The van der Waals surface area contributed by atoms with Crippen LogP contribution in [0.15, 0.2) is 12.1 Å². The second-order valence-electron chi connectivity index (χ2n) is 4.04. The summed E-state index contributed by atoms with van der Waals surface area (Å²) in [7, 11) is 1.54. The molecule has 0 fully saturated rings. The second kappa shape index (κ2) is 4.81. The van der Waals surface area contributed by atoms with Gasteiger partial charge in [0.25, 0.3) is 0 Å². The van der Waals surface area contributed by atoms with Gasteiger partial charge in [0.2, 0.25) is 0 Å². The largest absolute Gasteiger partial charge is 0.496 e. The monoisotopic (exact) mass is 239 g/mol. The molecule has 5 nitrogen and oxygen atoms in total. The number of ether oxygens (including phenoxy) is 3. The molecular formula is C12H17NO4. The van der Waals surface area contributed by atoms with Gasteiger partial charge in [0, 0.05) is 17.7 Å². The van der Waals surface area contributed by atoms with Gasteiger partial charge in [0.1, 0.15) is 19.0 Å². The lowest BCUT2D eigenvalue weighted by molar-refractivity contribution is 0.145. The first-order valence-corrected chi connectivity index (χ1v) is 5.54. The van der Waals surface area contributed by atoms with E-state index in [-0.39, 0.29) is 6.04 Å². The molecule has 1 aromatic rings. The van der Waals surface area contributed by atoms with Crippen LogP contribution in [-0.2, 0) is 0 Å². The van der Waals surface area contributed by atoms with E-state index in [1.54, 1.807) is 26.2 Å². The van der Waals surface area contributed by atoms with Crippen LogP contribution in [0.1, 0.15) is 18.6 Å². The van der Waals surface area contributed by atoms with Gasteiger partial charge in [0.05, 0.1) is 13.2 Å². The van der Waals surface area contributed by atoms with Gasteiger partial charge in [-0.3, -0.25) is 0 Å². The first-order chi connectivity index (χ1) is 8.13. The minimum atomic E-state index is -0.791. The lowest BCUT2D eigenvalue weighted by Crippen LogP contribution is -2.25. The maximum Gasteiger partial charge on any atom is 0.165 e. The molecule has 2 rings (SSSR count). The molecule has 1 aliphatic rings. The number of hydrogen-bond acceptors (Lipinski definition) is 5. The zero-order valence-corrected chi connectivity index (χ0v) is 9.97. The Hall–Kier alpha value is -1.46. The van der Waals surface area contributed by atoms with Gasteiger partial charge in [-0.25, -0.2) is 0 Å². The number of aliphatic hydroxyl groups excluding tert-OH is 1. The highest BCUT2D eigenvalue weighted by molar-refractivity contribution is 5.52. The van der Waals surface area contributed by atoms with Crippen LogP contribution in [0.2, 0.25) is 0 Å². The first kappa shape index (κ1) is 12.0. The molecule has 2 unspecified atom stereocenters. The fraction of sp³-hybridized carbons (Fsp3) is 0.500. The smallest absolute Gasteiger partial charge is 0.165 e. The fourth-order valence-corrected chi connectivity index (χ4v) is 1.78. The van der Waals surface area contributed by atoms with Crippen molar-refractivity contribution in [3.05, 3.63) is 17.7 Å². The molecule has 1 aliphatic heterocycles. The Morgan fingerprint density at radius 2 is 1.88 bits per heavy atom. The molecule has 0 spiro atoms. The summed E-state index contributed by atoms with van der Waals surface area (Å²) in [6.45, 7) is 2.76. The third-order valence-corrected chi connectivity index (χ3v) is 2.71. The van der Waals surface area contributed by atoms with Gasteiger partial charge in [-0.1, -0.05) is 0 Å². The standard InChI is InChI=1S/C12H17NO4/c1-7(13)12(14)8-5-10-11(6-9(8)15-2)17-4-3-16-10/h5-7,12,14H,3-4,13H2,1-2H3. The molecule has 0 radical (unpaired) electrons. The number of fused-ring (bicyclic) bond motifs is 1. The molecule has 17 heavy (non-hydrogen) atoms. The van der Waals surface area contributed by atoms with Crippen molar-refractivity contribution in [1.29, 1.82) is 0 Å².